The fourth-order valence-electron chi connectivity index (χ4n) is 2.67. The molecular formula is C13H28N2O2S. The Hall–Kier alpha value is -0.130. The first-order valence-electron chi connectivity index (χ1n) is 7.01. The number of nitrogens with one attached hydrogen (secondary N) is 1. The van der Waals surface area contributed by atoms with Crippen molar-refractivity contribution in [2.45, 2.75) is 33.1 Å². The molecule has 1 saturated heterocycles. The molecule has 1 aliphatic rings. The molecule has 0 unspecified atom stereocenters. The van der Waals surface area contributed by atoms with Gasteiger partial charge < -0.3 is 10.2 Å². The van der Waals surface area contributed by atoms with E-state index < -0.39 is 9.84 Å². The van der Waals surface area contributed by atoms with Crippen molar-refractivity contribution in [3.63, 3.8) is 0 Å². The maximum absolute atomic E-state index is 11.0. The zero-order valence-corrected chi connectivity index (χ0v) is 12.9. The standard InChI is InChI=1S/C13H28N2O2S/c1-4-13(5-2)6-9-15(12-13)10-7-14-8-11-18(3,16)17/h14H,4-12H2,1-3H3. The van der Waals surface area contributed by atoms with Crippen molar-refractivity contribution in [1.29, 1.82) is 0 Å². The first-order chi connectivity index (χ1) is 8.41. The summed E-state index contributed by atoms with van der Waals surface area (Å²) in [5.41, 5.74) is 0.534. The Morgan fingerprint density at radius 1 is 1.22 bits per heavy atom. The quantitative estimate of drug-likeness (QED) is 0.675. The lowest BCUT2D eigenvalue weighted by Crippen LogP contribution is -2.34. The van der Waals surface area contributed by atoms with E-state index in [1.54, 1.807) is 0 Å². The van der Waals surface area contributed by atoms with E-state index in [1.165, 1.54) is 38.6 Å². The molecule has 4 nitrogen and oxygen atoms in total. The molecule has 0 aromatic heterocycles. The van der Waals surface area contributed by atoms with Gasteiger partial charge in [-0.15, -0.1) is 0 Å². The molecule has 0 atom stereocenters. The van der Waals surface area contributed by atoms with E-state index in [2.05, 4.69) is 24.1 Å². The molecule has 1 fully saturated rings. The average Bonchev–Trinajstić information content (AvgIpc) is 2.72. The summed E-state index contributed by atoms with van der Waals surface area (Å²) in [6.07, 6.45) is 5.12. The molecule has 0 bridgehead atoms. The summed E-state index contributed by atoms with van der Waals surface area (Å²) in [4.78, 5) is 2.50. The van der Waals surface area contributed by atoms with Gasteiger partial charge in [0.15, 0.2) is 0 Å². The summed E-state index contributed by atoms with van der Waals surface area (Å²) in [6.45, 7) is 9.46. The van der Waals surface area contributed by atoms with E-state index in [-0.39, 0.29) is 5.75 Å². The SMILES string of the molecule is CCC1(CC)CCN(CCNCCS(C)(=O)=O)C1. The lowest BCUT2D eigenvalue weighted by Gasteiger charge is -2.26. The van der Waals surface area contributed by atoms with Gasteiger partial charge in [-0.05, 0) is 31.2 Å². The van der Waals surface area contributed by atoms with Gasteiger partial charge in [-0.25, -0.2) is 8.42 Å². The van der Waals surface area contributed by atoms with Gasteiger partial charge in [0.2, 0.25) is 0 Å². The summed E-state index contributed by atoms with van der Waals surface area (Å²) in [6, 6.07) is 0. The van der Waals surface area contributed by atoms with Crippen LogP contribution < -0.4 is 5.32 Å². The Morgan fingerprint density at radius 3 is 2.39 bits per heavy atom. The zero-order valence-electron chi connectivity index (χ0n) is 12.0. The van der Waals surface area contributed by atoms with E-state index >= 15 is 0 Å². The molecule has 5 heteroatoms. The third kappa shape index (κ3) is 5.24. The van der Waals surface area contributed by atoms with Gasteiger partial charge in [-0.1, -0.05) is 13.8 Å². The fourth-order valence-corrected chi connectivity index (χ4v) is 3.18. The van der Waals surface area contributed by atoms with Gasteiger partial charge in [0.25, 0.3) is 0 Å². The van der Waals surface area contributed by atoms with Crippen LogP contribution in [0, 0.1) is 5.41 Å². The summed E-state index contributed by atoms with van der Waals surface area (Å²) in [5.74, 6) is 0.237. The third-order valence-corrected chi connectivity index (χ3v) is 5.22. The van der Waals surface area contributed by atoms with Gasteiger partial charge in [-0.3, -0.25) is 0 Å². The van der Waals surface area contributed by atoms with Crippen LogP contribution in [0.25, 0.3) is 0 Å². The Bertz CT molecular complexity index is 337. The molecule has 0 saturated carbocycles. The molecule has 0 aliphatic carbocycles. The van der Waals surface area contributed by atoms with Crippen LogP contribution in [-0.2, 0) is 9.84 Å². The van der Waals surface area contributed by atoms with Crippen molar-refractivity contribution in [3.8, 4) is 0 Å². The van der Waals surface area contributed by atoms with Gasteiger partial charge in [0.1, 0.15) is 9.84 Å². The highest BCUT2D eigenvalue weighted by atomic mass is 32.2. The number of nitrogens with zero attached hydrogens (tertiary/aromatic N) is 1. The number of rotatable bonds is 8. The van der Waals surface area contributed by atoms with Crippen LogP contribution in [0.3, 0.4) is 0 Å². The monoisotopic (exact) mass is 276 g/mol. The van der Waals surface area contributed by atoms with Crippen molar-refractivity contribution in [3.05, 3.63) is 0 Å². The molecule has 0 amide bonds. The topological polar surface area (TPSA) is 49.4 Å². The van der Waals surface area contributed by atoms with E-state index in [1.807, 2.05) is 0 Å². The van der Waals surface area contributed by atoms with E-state index in [0.29, 0.717) is 12.0 Å². The summed E-state index contributed by atoms with van der Waals surface area (Å²) < 4.78 is 21.9. The molecule has 1 aliphatic heterocycles. The highest BCUT2D eigenvalue weighted by Gasteiger charge is 2.34. The zero-order chi connectivity index (χ0) is 13.6. The minimum absolute atomic E-state index is 0.237. The molecular weight excluding hydrogens is 248 g/mol. The first kappa shape index (κ1) is 15.9. The van der Waals surface area contributed by atoms with Gasteiger partial charge >= 0.3 is 0 Å². The largest absolute Gasteiger partial charge is 0.314 e. The Labute approximate surface area is 112 Å². The van der Waals surface area contributed by atoms with Crippen LogP contribution in [0.4, 0.5) is 0 Å². The highest BCUT2D eigenvalue weighted by molar-refractivity contribution is 7.90. The maximum atomic E-state index is 11.0. The van der Waals surface area contributed by atoms with Crippen LogP contribution in [0.5, 0.6) is 0 Å². The predicted octanol–water partition coefficient (Wildman–Crippen LogP) is 1.13. The Kier molecular flexibility index (Phi) is 6.08. The molecule has 0 spiro atoms. The number of hydrogen-bond donors (Lipinski definition) is 1. The Morgan fingerprint density at radius 2 is 1.89 bits per heavy atom. The van der Waals surface area contributed by atoms with E-state index in [9.17, 15) is 8.42 Å². The van der Waals surface area contributed by atoms with Gasteiger partial charge in [0.05, 0.1) is 5.75 Å². The number of sulfone groups is 1. The Balaban J connectivity index is 2.15. The van der Waals surface area contributed by atoms with E-state index in [4.69, 9.17) is 0 Å². The average molecular weight is 276 g/mol. The molecule has 1 heterocycles. The second-order valence-electron chi connectivity index (χ2n) is 5.61. The minimum Gasteiger partial charge on any atom is -0.314 e. The highest BCUT2D eigenvalue weighted by Crippen LogP contribution is 2.36. The normalized spacial score (nSPS) is 20.4. The number of hydrogen-bond acceptors (Lipinski definition) is 4. The smallest absolute Gasteiger partial charge is 0.148 e. The van der Waals surface area contributed by atoms with Gasteiger partial charge in [0, 0.05) is 32.4 Å². The van der Waals surface area contributed by atoms with Crippen molar-refractivity contribution in [2.75, 3.05) is 44.7 Å². The molecule has 1 N–H and O–H groups in total. The molecule has 108 valence electrons. The maximum Gasteiger partial charge on any atom is 0.148 e. The summed E-state index contributed by atoms with van der Waals surface area (Å²) in [5, 5.41) is 3.21. The lowest BCUT2D eigenvalue weighted by molar-refractivity contribution is 0.241. The van der Waals surface area contributed by atoms with E-state index in [0.717, 1.165) is 13.1 Å². The summed E-state index contributed by atoms with van der Waals surface area (Å²) in [7, 11) is -2.83. The van der Waals surface area contributed by atoms with Gasteiger partial charge in [-0.2, -0.15) is 0 Å². The van der Waals surface area contributed by atoms with Crippen LogP contribution in [0.2, 0.25) is 0 Å². The summed E-state index contributed by atoms with van der Waals surface area (Å²) >= 11 is 0. The van der Waals surface area contributed by atoms with Crippen LogP contribution >= 0.6 is 0 Å². The molecule has 0 aromatic rings. The minimum atomic E-state index is -2.83. The van der Waals surface area contributed by atoms with Crippen LogP contribution in [0.15, 0.2) is 0 Å². The van der Waals surface area contributed by atoms with Crippen molar-refractivity contribution < 1.29 is 8.42 Å². The van der Waals surface area contributed by atoms with Crippen molar-refractivity contribution in [1.82, 2.24) is 10.2 Å². The fraction of sp³-hybridized carbons (Fsp3) is 1.00. The predicted molar refractivity (Wildman–Crippen MR) is 76.7 cm³/mol. The van der Waals surface area contributed by atoms with Crippen molar-refractivity contribution in [2.24, 2.45) is 5.41 Å². The molecule has 18 heavy (non-hydrogen) atoms. The number of likely N-dealkylation sites (tertiary alicyclic amines) is 1. The second kappa shape index (κ2) is 6.87. The van der Waals surface area contributed by atoms with Crippen LogP contribution in [0.1, 0.15) is 33.1 Å². The molecule has 0 radical (unpaired) electrons. The molecule has 1 rings (SSSR count). The third-order valence-electron chi connectivity index (χ3n) is 4.27. The van der Waals surface area contributed by atoms with Crippen LogP contribution in [-0.4, -0.2) is 58.1 Å². The molecule has 0 aromatic carbocycles. The lowest BCUT2D eigenvalue weighted by atomic mass is 9.82. The van der Waals surface area contributed by atoms with Crippen molar-refractivity contribution >= 4 is 9.84 Å². The first-order valence-corrected chi connectivity index (χ1v) is 9.07. The second-order valence-corrected chi connectivity index (χ2v) is 7.87.